The fraction of sp³-hybridized carbons (Fsp3) is 1.00. The molecule has 3 rings (SSSR count). The summed E-state index contributed by atoms with van der Waals surface area (Å²) in [5, 5.41) is 3.44. The molecule has 2 atom stereocenters. The third-order valence-electron chi connectivity index (χ3n) is 4.85. The van der Waals surface area contributed by atoms with Crippen molar-refractivity contribution in [3.05, 3.63) is 0 Å². The van der Waals surface area contributed by atoms with Crippen molar-refractivity contribution in [2.24, 2.45) is 0 Å². The maximum atomic E-state index is 6.32. The Kier molecular flexibility index (Phi) is 4.22. The zero-order valence-electron chi connectivity index (χ0n) is 11.5. The molecule has 0 aromatic rings. The zero-order valence-corrected chi connectivity index (χ0v) is 11.5. The van der Waals surface area contributed by atoms with Crippen LogP contribution in [0.15, 0.2) is 0 Å². The second-order valence-electron chi connectivity index (χ2n) is 6.31. The number of hydrogen-bond acceptors (Lipinski definition) is 3. The van der Waals surface area contributed by atoms with Crippen LogP contribution >= 0.6 is 0 Å². The van der Waals surface area contributed by atoms with E-state index in [4.69, 9.17) is 9.47 Å². The highest BCUT2D eigenvalue weighted by molar-refractivity contribution is 4.90. The van der Waals surface area contributed by atoms with Crippen LogP contribution in [0.25, 0.3) is 0 Å². The zero-order chi connectivity index (χ0) is 12.3. The molecule has 1 unspecified atom stereocenters. The average Bonchev–Trinajstić information content (AvgIpc) is 2.41. The van der Waals surface area contributed by atoms with Crippen LogP contribution in [0, 0.1) is 0 Å². The third kappa shape index (κ3) is 3.06. The van der Waals surface area contributed by atoms with Crippen LogP contribution < -0.4 is 5.32 Å². The van der Waals surface area contributed by atoms with Crippen molar-refractivity contribution in [2.45, 2.75) is 75.6 Å². The van der Waals surface area contributed by atoms with Gasteiger partial charge in [-0.1, -0.05) is 19.3 Å². The highest BCUT2D eigenvalue weighted by atomic mass is 16.5. The molecule has 3 aliphatic rings. The second kappa shape index (κ2) is 5.89. The van der Waals surface area contributed by atoms with Crippen LogP contribution in [0.2, 0.25) is 0 Å². The molecule has 0 bridgehead atoms. The third-order valence-corrected chi connectivity index (χ3v) is 4.85. The summed E-state index contributed by atoms with van der Waals surface area (Å²) in [5.74, 6) is 0. The Morgan fingerprint density at radius 1 is 1.00 bits per heavy atom. The number of nitrogens with one attached hydrogen (secondary N) is 1. The van der Waals surface area contributed by atoms with Gasteiger partial charge in [-0.3, -0.25) is 0 Å². The Morgan fingerprint density at radius 3 is 2.67 bits per heavy atom. The number of ether oxygens (including phenoxy) is 2. The fourth-order valence-electron chi connectivity index (χ4n) is 3.85. The van der Waals surface area contributed by atoms with E-state index in [0.29, 0.717) is 12.2 Å². The first-order valence-corrected chi connectivity index (χ1v) is 7.86. The van der Waals surface area contributed by atoms with Crippen molar-refractivity contribution in [3.63, 3.8) is 0 Å². The van der Waals surface area contributed by atoms with E-state index in [1.165, 1.54) is 44.9 Å². The second-order valence-corrected chi connectivity index (χ2v) is 6.31. The van der Waals surface area contributed by atoms with Crippen LogP contribution in [-0.2, 0) is 9.47 Å². The van der Waals surface area contributed by atoms with Gasteiger partial charge in [0.25, 0.3) is 0 Å². The molecule has 2 saturated heterocycles. The molecule has 0 amide bonds. The largest absolute Gasteiger partial charge is 0.375 e. The molecule has 1 saturated carbocycles. The predicted molar refractivity (Wildman–Crippen MR) is 71.8 cm³/mol. The van der Waals surface area contributed by atoms with Crippen LogP contribution in [0.3, 0.4) is 0 Å². The predicted octanol–water partition coefficient (Wildman–Crippen LogP) is 2.64. The van der Waals surface area contributed by atoms with Gasteiger partial charge in [0.05, 0.1) is 17.8 Å². The van der Waals surface area contributed by atoms with Gasteiger partial charge < -0.3 is 14.8 Å². The molecule has 3 nitrogen and oxygen atoms in total. The topological polar surface area (TPSA) is 30.5 Å². The molecular weight excluding hydrogens is 226 g/mol. The average molecular weight is 253 g/mol. The van der Waals surface area contributed by atoms with E-state index in [0.717, 1.165) is 32.5 Å². The summed E-state index contributed by atoms with van der Waals surface area (Å²) >= 11 is 0. The van der Waals surface area contributed by atoms with Crippen molar-refractivity contribution in [2.75, 3.05) is 19.7 Å². The lowest BCUT2D eigenvalue weighted by molar-refractivity contribution is -0.161. The van der Waals surface area contributed by atoms with E-state index in [1.54, 1.807) is 0 Å². The molecule has 2 aliphatic heterocycles. The smallest absolute Gasteiger partial charge is 0.0707 e. The van der Waals surface area contributed by atoms with Gasteiger partial charge in [0.2, 0.25) is 0 Å². The summed E-state index contributed by atoms with van der Waals surface area (Å²) in [4.78, 5) is 0. The van der Waals surface area contributed by atoms with Crippen molar-refractivity contribution < 1.29 is 9.47 Å². The summed E-state index contributed by atoms with van der Waals surface area (Å²) in [6.45, 7) is 3.12. The molecule has 0 radical (unpaired) electrons. The molecule has 3 fully saturated rings. The maximum absolute atomic E-state index is 6.32. The molecule has 104 valence electrons. The highest BCUT2D eigenvalue weighted by Crippen LogP contribution is 2.39. The summed E-state index contributed by atoms with van der Waals surface area (Å²) in [6.07, 6.45) is 12.2. The monoisotopic (exact) mass is 253 g/mol. The van der Waals surface area contributed by atoms with Crippen molar-refractivity contribution in [1.82, 2.24) is 5.32 Å². The summed E-state index contributed by atoms with van der Waals surface area (Å²) in [5.41, 5.74) is 0.184. The van der Waals surface area contributed by atoms with Gasteiger partial charge in [-0.25, -0.2) is 0 Å². The molecule has 0 aromatic heterocycles. The molecule has 1 spiro atoms. The van der Waals surface area contributed by atoms with Gasteiger partial charge in [-0.15, -0.1) is 0 Å². The standard InChI is InChI=1S/C15H27NO2/c1-2-7-15(8-3-1)11-13(6-10-17-15)18-14-5-4-9-16-12-14/h13-14,16H,1-12H2/t13?,14-/m0/s1. The van der Waals surface area contributed by atoms with Gasteiger partial charge in [0.15, 0.2) is 0 Å². The molecule has 1 N–H and O–H groups in total. The molecule has 1 aliphatic carbocycles. The van der Waals surface area contributed by atoms with E-state index < -0.39 is 0 Å². The van der Waals surface area contributed by atoms with E-state index in [1.807, 2.05) is 0 Å². The minimum Gasteiger partial charge on any atom is -0.375 e. The van der Waals surface area contributed by atoms with Crippen LogP contribution in [-0.4, -0.2) is 37.5 Å². The maximum Gasteiger partial charge on any atom is 0.0707 e. The first-order valence-electron chi connectivity index (χ1n) is 7.86. The number of piperidine rings is 1. The lowest BCUT2D eigenvalue weighted by Gasteiger charge is -2.44. The Hall–Kier alpha value is -0.120. The molecular formula is C15H27NO2. The first-order chi connectivity index (χ1) is 8.86. The molecule has 18 heavy (non-hydrogen) atoms. The highest BCUT2D eigenvalue weighted by Gasteiger charge is 2.39. The van der Waals surface area contributed by atoms with Crippen molar-refractivity contribution >= 4 is 0 Å². The molecule has 2 heterocycles. The van der Waals surface area contributed by atoms with Gasteiger partial charge in [0, 0.05) is 19.6 Å². The first kappa shape index (κ1) is 12.9. The molecule has 3 heteroatoms. The summed E-state index contributed by atoms with van der Waals surface area (Å²) in [6, 6.07) is 0. The Bertz CT molecular complexity index is 252. The van der Waals surface area contributed by atoms with E-state index >= 15 is 0 Å². The Labute approximate surface area is 111 Å². The van der Waals surface area contributed by atoms with Crippen molar-refractivity contribution in [1.29, 1.82) is 0 Å². The van der Waals surface area contributed by atoms with Crippen LogP contribution in [0.4, 0.5) is 0 Å². The lowest BCUT2D eigenvalue weighted by Crippen LogP contribution is -2.46. The van der Waals surface area contributed by atoms with Crippen LogP contribution in [0.1, 0.15) is 57.8 Å². The fourth-order valence-corrected chi connectivity index (χ4v) is 3.85. The Balaban J connectivity index is 1.52. The number of hydrogen-bond donors (Lipinski definition) is 1. The van der Waals surface area contributed by atoms with Crippen LogP contribution in [0.5, 0.6) is 0 Å². The minimum absolute atomic E-state index is 0.184. The SMILES string of the molecule is C1CCC2(CC1)CC(O[C@H]1CCCNC1)CCO2. The Morgan fingerprint density at radius 2 is 1.89 bits per heavy atom. The van der Waals surface area contributed by atoms with Gasteiger partial charge in [0.1, 0.15) is 0 Å². The van der Waals surface area contributed by atoms with E-state index in [9.17, 15) is 0 Å². The van der Waals surface area contributed by atoms with E-state index in [-0.39, 0.29) is 5.60 Å². The van der Waals surface area contributed by atoms with Gasteiger partial charge in [-0.2, -0.15) is 0 Å². The quantitative estimate of drug-likeness (QED) is 0.820. The summed E-state index contributed by atoms with van der Waals surface area (Å²) in [7, 11) is 0. The van der Waals surface area contributed by atoms with E-state index in [2.05, 4.69) is 5.32 Å². The van der Waals surface area contributed by atoms with Gasteiger partial charge in [-0.05, 0) is 38.6 Å². The molecule has 0 aromatic carbocycles. The normalized spacial score (nSPS) is 36.7. The van der Waals surface area contributed by atoms with Crippen molar-refractivity contribution in [3.8, 4) is 0 Å². The summed E-state index contributed by atoms with van der Waals surface area (Å²) < 4.78 is 12.4. The lowest BCUT2D eigenvalue weighted by atomic mass is 9.79. The minimum atomic E-state index is 0.184. The number of rotatable bonds is 2. The van der Waals surface area contributed by atoms with Gasteiger partial charge >= 0.3 is 0 Å².